The molecule has 1 atom stereocenters. The van der Waals surface area contributed by atoms with Gasteiger partial charge >= 0.3 is 0 Å². The zero-order valence-corrected chi connectivity index (χ0v) is 10.7. The first-order valence-electron chi connectivity index (χ1n) is 6.59. The van der Waals surface area contributed by atoms with Gasteiger partial charge in [0.1, 0.15) is 0 Å². The largest absolute Gasteiger partial charge is 0.396 e. The summed E-state index contributed by atoms with van der Waals surface area (Å²) >= 11 is 0. The molecule has 0 aromatic carbocycles. The molecule has 0 aromatic rings. The molecule has 0 bridgehead atoms. The number of nitrogens with one attached hydrogen (secondary N) is 1. The fraction of sp³-hybridized carbons (Fsp3) is 1.00. The summed E-state index contributed by atoms with van der Waals surface area (Å²) in [5.41, 5.74) is 0.0783. The van der Waals surface area contributed by atoms with Crippen molar-refractivity contribution in [2.75, 3.05) is 19.7 Å². The Morgan fingerprint density at radius 2 is 1.81 bits per heavy atom. The van der Waals surface area contributed by atoms with Crippen molar-refractivity contribution >= 4 is 0 Å². The van der Waals surface area contributed by atoms with Gasteiger partial charge in [-0.2, -0.15) is 0 Å². The van der Waals surface area contributed by atoms with Gasteiger partial charge in [0.15, 0.2) is 0 Å². The second-order valence-corrected chi connectivity index (χ2v) is 5.66. The van der Waals surface area contributed by atoms with Crippen LogP contribution in [0.15, 0.2) is 0 Å². The Hall–Kier alpha value is -0.120. The van der Waals surface area contributed by atoms with E-state index < -0.39 is 0 Å². The molecule has 0 heterocycles. The van der Waals surface area contributed by atoms with Crippen molar-refractivity contribution in [3.05, 3.63) is 0 Å². The molecule has 0 aromatic heterocycles. The van der Waals surface area contributed by atoms with E-state index in [0.29, 0.717) is 12.5 Å². The molecule has 3 heteroatoms. The maximum Gasteiger partial charge on any atom is 0.0687 e. The number of hydrogen-bond donors (Lipinski definition) is 3. The average molecular weight is 229 g/mol. The fourth-order valence-corrected chi connectivity index (χ4v) is 2.41. The normalized spacial score (nSPS) is 22.3. The van der Waals surface area contributed by atoms with Gasteiger partial charge in [0.25, 0.3) is 0 Å². The molecule has 1 aliphatic carbocycles. The minimum Gasteiger partial charge on any atom is -0.396 e. The van der Waals surface area contributed by atoms with Gasteiger partial charge in [-0.15, -0.1) is 0 Å². The van der Waals surface area contributed by atoms with Gasteiger partial charge in [-0.25, -0.2) is 0 Å². The summed E-state index contributed by atoms with van der Waals surface area (Å²) in [5.74, 6) is 0.295. The molecule has 3 nitrogen and oxygen atoms in total. The summed E-state index contributed by atoms with van der Waals surface area (Å²) in [5, 5.41) is 22.5. The molecule has 0 spiro atoms. The van der Waals surface area contributed by atoms with Gasteiger partial charge in [-0.1, -0.05) is 33.1 Å². The highest BCUT2D eigenvalue weighted by atomic mass is 16.3. The smallest absolute Gasteiger partial charge is 0.0687 e. The van der Waals surface area contributed by atoms with Crippen molar-refractivity contribution < 1.29 is 10.2 Å². The third kappa shape index (κ3) is 4.04. The van der Waals surface area contributed by atoms with Crippen LogP contribution >= 0.6 is 0 Å². The zero-order chi connectivity index (χ0) is 12.0. The third-order valence-corrected chi connectivity index (χ3v) is 3.87. The zero-order valence-electron chi connectivity index (χ0n) is 10.7. The molecular weight excluding hydrogens is 202 g/mol. The summed E-state index contributed by atoms with van der Waals surface area (Å²) in [4.78, 5) is 0. The minimum absolute atomic E-state index is 0.0783. The van der Waals surface area contributed by atoms with Gasteiger partial charge in [-0.05, 0) is 18.8 Å². The second-order valence-electron chi connectivity index (χ2n) is 5.66. The third-order valence-electron chi connectivity index (χ3n) is 3.87. The van der Waals surface area contributed by atoms with Gasteiger partial charge in [-0.3, -0.25) is 0 Å². The van der Waals surface area contributed by atoms with E-state index >= 15 is 0 Å². The highest BCUT2D eigenvalue weighted by Crippen LogP contribution is 2.35. The maximum atomic E-state index is 9.69. The molecule has 3 N–H and O–H groups in total. The van der Waals surface area contributed by atoms with Crippen LogP contribution in [0, 0.1) is 11.3 Å². The van der Waals surface area contributed by atoms with Gasteiger partial charge in [0, 0.05) is 25.1 Å². The fourth-order valence-electron chi connectivity index (χ4n) is 2.41. The van der Waals surface area contributed by atoms with Gasteiger partial charge in [0.2, 0.25) is 0 Å². The van der Waals surface area contributed by atoms with Crippen LogP contribution in [0.5, 0.6) is 0 Å². The predicted molar refractivity (Wildman–Crippen MR) is 66.3 cm³/mol. The standard InChI is InChI=1S/C13H27NO2/c1-11(2)12(16)8-14-9-13(10-15)6-4-3-5-7-13/h11-12,14-16H,3-10H2,1-2H3. The summed E-state index contributed by atoms with van der Waals surface area (Å²) in [6.07, 6.45) is 5.72. The molecule has 1 fully saturated rings. The maximum absolute atomic E-state index is 9.69. The number of aliphatic hydroxyl groups is 2. The molecule has 1 rings (SSSR count). The topological polar surface area (TPSA) is 52.5 Å². The van der Waals surface area contributed by atoms with Crippen LogP contribution in [0.25, 0.3) is 0 Å². The van der Waals surface area contributed by atoms with E-state index in [1.54, 1.807) is 0 Å². The molecular formula is C13H27NO2. The second kappa shape index (κ2) is 6.58. The molecule has 0 radical (unpaired) electrons. The van der Waals surface area contributed by atoms with Crippen LogP contribution < -0.4 is 5.32 Å². The predicted octanol–water partition coefficient (Wildman–Crippen LogP) is 1.54. The highest BCUT2D eigenvalue weighted by Gasteiger charge is 2.30. The molecule has 0 amide bonds. The first-order valence-corrected chi connectivity index (χ1v) is 6.59. The van der Waals surface area contributed by atoms with E-state index in [1.807, 2.05) is 13.8 Å². The molecule has 0 aliphatic heterocycles. The van der Waals surface area contributed by atoms with Crippen LogP contribution in [0.3, 0.4) is 0 Å². The Morgan fingerprint density at radius 1 is 1.19 bits per heavy atom. The number of aliphatic hydroxyl groups excluding tert-OH is 2. The van der Waals surface area contributed by atoms with E-state index in [0.717, 1.165) is 19.4 Å². The summed E-state index contributed by atoms with van der Waals surface area (Å²) in [7, 11) is 0. The van der Waals surface area contributed by atoms with Crippen molar-refractivity contribution in [2.24, 2.45) is 11.3 Å². The first-order chi connectivity index (χ1) is 7.59. The van der Waals surface area contributed by atoms with E-state index in [2.05, 4.69) is 5.32 Å². The van der Waals surface area contributed by atoms with Crippen LogP contribution in [-0.4, -0.2) is 36.0 Å². The van der Waals surface area contributed by atoms with Crippen molar-refractivity contribution in [1.82, 2.24) is 5.32 Å². The Balaban J connectivity index is 2.28. The SMILES string of the molecule is CC(C)C(O)CNCC1(CO)CCCCC1. The van der Waals surface area contributed by atoms with E-state index in [-0.39, 0.29) is 18.1 Å². The van der Waals surface area contributed by atoms with Crippen LogP contribution in [0.2, 0.25) is 0 Å². The lowest BCUT2D eigenvalue weighted by molar-refractivity contribution is 0.0704. The quantitative estimate of drug-likeness (QED) is 0.647. The van der Waals surface area contributed by atoms with Gasteiger partial charge in [0.05, 0.1) is 6.10 Å². The summed E-state index contributed by atoms with van der Waals surface area (Å²) in [6, 6.07) is 0. The summed E-state index contributed by atoms with van der Waals surface area (Å²) in [6.45, 7) is 5.80. The van der Waals surface area contributed by atoms with Crippen LogP contribution in [0.4, 0.5) is 0 Å². The lowest BCUT2D eigenvalue weighted by atomic mass is 9.74. The minimum atomic E-state index is -0.278. The van der Waals surface area contributed by atoms with E-state index in [1.165, 1.54) is 19.3 Å². The van der Waals surface area contributed by atoms with Crippen molar-refractivity contribution in [3.8, 4) is 0 Å². The van der Waals surface area contributed by atoms with Crippen molar-refractivity contribution in [3.63, 3.8) is 0 Å². The lowest BCUT2D eigenvalue weighted by Crippen LogP contribution is -2.42. The van der Waals surface area contributed by atoms with E-state index in [4.69, 9.17) is 0 Å². The number of hydrogen-bond acceptors (Lipinski definition) is 3. The monoisotopic (exact) mass is 229 g/mol. The number of rotatable bonds is 6. The Morgan fingerprint density at radius 3 is 2.31 bits per heavy atom. The Kier molecular flexibility index (Phi) is 5.73. The van der Waals surface area contributed by atoms with Gasteiger partial charge < -0.3 is 15.5 Å². The Labute approximate surface area is 99.3 Å². The molecule has 1 saturated carbocycles. The lowest BCUT2D eigenvalue weighted by Gasteiger charge is -2.36. The first kappa shape index (κ1) is 13.9. The van der Waals surface area contributed by atoms with Crippen LogP contribution in [-0.2, 0) is 0 Å². The molecule has 96 valence electrons. The Bertz CT molecular complexity index is 188. The van der Waals surface area contributed by atoms with E-state index in [9.17, 15) is 10.2 Å². The molecule has 1 unspecified atom stereocenters. The average Bonchev–Trinajstić information content (AvgIpc) is 2.30. The molecule has 0 saturated heterocycles. The van der Waals surface area contributed by atoms with Crippen molar-refractivity contribution in [1.29, 1.82) is 0 Å². The summed E-state index contributed by atoms with van der Waals surface area (Å²) < 4.78 is 0. The highest BCUT2D eigenvalue weighted by molar-refractivity contribution is 4.84. The van der Waals surface area contributed by atoms with Crippen molar-refractivity contribution in [2.45, 2.75) is 52.1 Å². The molecule has 1 aliphatic rings. The van der Waals surface area contributed by atoms with Crippen LogP contribution in [0.1, 0.15) is 46.0 Å². The molecule has 16 heavy (non-hydrogen) atoms.